The van der Waals surface area contributed by atoms with E-state index in [2.05, 4.69) is 24.2 Å². The topological polar surface area (TPSA) is 83.0 Å². The van der Waals surface area contributed by atoms with E-state index in [4.69, 9.17) is 10.5 Å². The minimum atomic E-state index is -0.450. The molecule has 0 bridgehead atoms. The third kappa shape index (κ3) is 3.29. The van der Waals surface area contributed by atoms with E-state index in [9.17, 15) is 4.79 Å². The van der Waals surface area contributed by atoms with Crippen molar-refractivity contribution in [3.8, 4) is 0 Å². The number of hydrogen-bond acceptors (Lipinski definition) is 5. The molecule has 6 nitrogen and oxygen atoms in total. The summed E-state index contributed by atoms with van der Waals surface area (Å²) in [6, 6.07) is 0. The molecule has 1 aromatic heterocycles. The van der Waals surface area contributed by atoms with E-state index in [1.807, 2.05) is 0 Å². The highest BCUT2D eigenvalue weighted by atomic mass is 16.5. The van der Waals surface area contributed by atoms with E-state index in [-0.39, 0.29) is 12.2 Å². The molecule has 1 aromatic rings. The van der Waals surface area contributed by atoms with Crippen molar-refractivity contribution in [3.63, 3.8) is 0 Å². The summed E-state index contributed by atoms with van der Waals surface area (Å²) in [7, 11) is 0. The van der Waals surface area contributed by atoms with Crippen molar-refractivity contribution in [2.24, 2.45) is 11.7 Å². The number of nitrogens with zero attached hydrogens (tertiary/aromatic N) is 3. The maximum absolute atomic E-state index is 11.7. The standard InChI is InChI=1S/C12H22N4O2/c1-4-9(5-2)8-16-10(7-13)11(14-15-16)12(17)18-6-3/h9H,4-8,13H2,1-3H3. The van der Waals surface area contributed by atoms with E-state index in [0.29, 0.717) is 18.2 Å². The SMILES string of the molecule is CCOC(=O)c1nnn(CC(CC)CC)c1CN. The summed E-state index contributed by atoms with van der Waals surface area (Å²) in [5.41, 5.74) is 6.57. The molecule has 102 valence electrons. The Morgan fingerprint density at radius 2 is 2.06 bits per heavy atom. The van der Waals surface area contributed by atoms with Crippen LogP contribution in [-0.2, 0) is 17.8 Å². The summed E-state index contributed by atoms with van der Waals surface area (Å²) in [5, 5.41) is 7.90. The Kier molecular flexibility index (Phi) is 5.77. The second-order valence-corrected chi connectivity index (χ2v) is 4.17. The molecular weight excluding hydrogens is 232 g/mol. The van der Waals surface area contributed by atoms with Crippen LogP contribution in [0.25, 0.3) is 0 Å². The highest BCUT2D eigenvalue weighted by Gasteiger charge is 2.20. The first-order chi connectivity index (χ1) is 8.67. The van der Waals surface area contributed by atoms with Crippen molar-refractivity contribution >= 4 is 5.97 Å². The average Bonchev–Trinajstić information content (AvgIpc) is 2.78. The number of carbonyl (C=O) groups is 1. The highest BCUT2D eigenvalue weighted by Crippen LogP contribution is 2.14. The first kappa shape index (κ1) is 14.6. The molecule has 0 spiro atoms. The Morgan fingerprint density at radius 3 is 2.56 bits per heavy atom. The molecule has 2 N–H and O–H groups in total. The van der Waals surface area contributed by atoms with Crippen LogP contribution in [0.2, 0.25) is 0 Å². The van der Waals surface area contributed by atoms with Gasteiger partial charge in [0.15, 0.2) is 5.69 Å². The maximum atomic E-state index is 11.7. The van der Waals surface area contributed by atoms with Crippen molar-refractivity contribution in [2.45, 2.75) is 46.7 Å². The van der Waals surface area contributed by atoms with Crippen LogP contribution in [0.3, 0.4) is 0 Å². The van der Waals surface area contributed by atoms with Gasteiger partial charge in [0.1, 0.15) is 0 Å². The summed E-state index contributed by atoms with van der Waals surface area (Å²) < 4.78 is 6.66. The summed E-state index contributed by atoms with van der Waals surface area (Å²) >= 11 is 0. The van der Waals surface area contributed by atoms with Crippen LogP contribution in [-0.4, -0.2) is 27.6 Å². The fourth-order valence-corrected chi connectivity index (χ4v) is 1.83. The van der Waals surface area contributed by atoms with E-state index in [1.54, 1.807) is 11.6 Å². The van der Waals surface area contributed by atoms with Gasteiger partial charge in [0.2, 0.25) is 0 Å². The van der Waals surface area contributed by atoms with Crippen molar-refractivity contribution in [1.82, 2.24) is 15.0 Å². The smallest absolute Gasteiger partial charge is 0.360 e. The van der Waals surface area contributed by atoms with Crippen molar-refractivity contribution in [1.29, 1.82) is 0 Å². The molecular formula is C12H22N4O2. The molecule has 0 aliphatic rings. The number of aromatic nitrogens is 3. The summed E-state index contributed by atoms with van der Waals surface area (Å²) in [5.74, 6) is 0.0702. The third-order valence-electron chi connectivity index (χ3n) is 3.09. The minimum absolute atomic E-state index is 0.237. The predicted octanol–water partition coefficient (Wildman–Crippen LogP) is 1.35. The summed E-state index contributed by atoms with van der Waals surface area (Å²) in [4.78, 5) is 11.7. The Balaban J connectivity index is 2.90. The zero-order valence-corrected chi connectivity index (χ0v) is 11.3. The Bertz CT molecular complexity index is 385. The van der Waals surface area contributed by atoms with Gasteiger partial charge in [0.25, 0.3) is 0 Å². The summed E-state index contributed by atoms with van der Waals surface area (Å²) in [6.45, 7) is 7.34. The third-order valence-corrected chi connectivity index (χ3v) is 3.09. The van der Waals surface area contributed by atoms with Crippen molar-refractivity contribution < 1.29 is 9.53 Å². The zero-order chi connectivity index (χ0) is 13.5. The van der Waals surface area contributed by atoms with Crippen molar-refractivity contribution in [3.05, 3.63) is 11.4 Å². The molecule has 1 rings (SSSR count). The fraction of sp³-hybridized carbons (Fsp3) is 0.750. The van der Waals surface area contributed by atoms with Crippen LogP contribution >= 0.6 is 0 Å². The van der Waals surface area contributed by atoms with Crippen LogP contribution in [0.5, 0.6) is 0 Å². The van der Waals surface area contributed by atoms with Gasteiger partial charge in [0.05, 0.1) is 12.3 Å². The molecule has 0 radical (unpaired) electrons. The second kappa shape index (κ2) is 7.10. The number of rotatable bonds is 7. The monoisotopic (exact) mass is 254 g/mol. The lowest BCUT2D eigenvalue weighted by atomic mass is 10.0. The fourth-order valence-electron chi connectivity index (χ4n) is 1.83. The first-order valence-corrected chi connectivity index (χ1v) is 6.47. The molecule has 0 atom stereocenters. The van der Waals surface area contributed by atoms with Gasteiger partial charge >= 0.3 is 5.97 Å². The van der Waals surface area contributed by atoms with Crippen LogP contribution in [0, 0.1) is 5.92 Å². The van der Waals surface area contributed by atoms with Crippen LogP contribution < -0.4 is 5.73 Å². The minimum Gasteiger partial charge on any atom is -0.461 e. The van der Waals surface area contributed by atoms with Gasteiger partial charge in [-0.25, -0.2) is 9.48 Å². The average molecular weight is 254 g/mol. The number of hydrogen-bond donors (Lipinski definition) is 1. The largest absolute Gasteiger partial charge is 0.461 e. The lowest BCUT2D eigenvalue weighted by molar-refractivity contribution is 0.0518. The Labute approximate surface area is 107 Å². The molecule has 0 saturated carbocycles. The van der Waals surface area contributed by atoms with Gasteiger partial charge in [0, 0.05) is 13.1 Å². The zero-order valence-electron chi connectivity index (χ0n) is 11.3. The highest BCUT2D eigenvalue weighted by molar-refractivity contribution is 5.88. The van der Waals surface area contributed by atoms with Gasteiger partial charge < -0.3 is 10.5 Å². The summed E-state index contributed by atoms with van der Waals surface area (Å²) in [6.07, 6.45) is 2.13. The molecule has 0 amide bonds. The number of esters is 1. The van der Waals surface area contributed by atoms with Gasteiger partial charge in [-0.1, -0.05) is 31.9 Å². The molecule has 0 aromatic carbocycles. The molecule has 18 heavy (non-hydrogen) atoms. The van der Waals surface area contributed by atoms with E-state index in [1.165, 1.54) is 0 Å². The number of carbonyl (C=O) groups excluding carboxylic acids is 1. The lowest BCUT2D eigenvalue weighted by Gasteiger charge is -2.13. The molecule has 6 heteroatoms. The molecule has 0 fully saturated rings. The predicted molar refractivity (Wildman–Crippen MR) is 67.9 cm³/mol. The maximum Gasteiger partial charge on any atom is 0.360 e. The molecule has 0 saturated heterocycles. The molecule has 0 aliphatic carbocycles. The molecule has 0 unspecified atom stereocenters. The number of nitrogens with two attached hydrogens (primary N) is 1. The van der Waals surface area contributed by atoms with Crippen LogP contribution in [0.1, 0.15) is 49.8 Å². The van der Waals surface area contributed by atoms with Gasteiger partial charge in [-0.3, -0.25) is 0 Å². The quantitative estimate of drug-likeness (QED) is 0.743. The van der Waals surface area contributed by atoms with Crippen molar-refractivity contribution in [2.75, 3.05) is 6.61 Å². The lowest BCUT2D eigenvalue weighted by Crippen LogP contribution is -2.17. The van der Waals surface area contributed by atoms with E-state index in [0.717, 1.165) is 19.4 Å². The first-order valence-electron chi connectivity index (χ1n) is 6.47. The Morgan fingerprint density at radius 1 is 1.39 bits per heavy atom. The van der Waals surface area contributed by atoms with Crippen LogP contribution in [0.15, 0.2) is 0 Å². The Hall–Kier alpha value is -1.43. The molecule has 1 heterocycles. The van der Waals surface area contributed by atoms with Gasteiger partial charge in [-0.05, 0) is 12.8 Å². The van der Waals surface area contributed by atoms with Gasteiger partial charge in [-0.2, -0.15) is 0 Å². The van der Waals surface area contributed by atoms with E-state index < -0.39 is 5.97 Å². The normalized spacial score (nSPS) is 10.9. The number of ether oxygens (including phenoxy) is 1. The molecule has 0 aliphatic heterocycles. The van der Waals surface area contributed by atoms with Gasteiger partial charge in [-0.15, -0.1) is 5.10 Å². The van der Waals surface area contributed by atoms with E-state index >= 15 is 0 Å². The van der Waals surface area contributed by atoms with Crippen LogP contribution in [0.4, 0.5) is 0 Å². The second-order valence-electron chi connectivity index (χ2n) is 4.17.